The highest BCUT2D eigenvalue weighted by Crippen LogP contribution is 2.16. The van der Waals surface area contributed by atoms with E-state index < -0.39 is 48.3 Å². The molecule has 0 aromatic carbocycles. The number of amides is 1. The molecule has 9 nitrogen and oxygen atoms in total. The van der Waals surface area contributed by atoms with E-state index in [1.165, 1.54) is 0 Å². The summed E-state index contributed by atoms with van der Waals surface area (Å²) in [4.78, 5) is 43.3. The maximum atomic E-state index is 11.6. The molecular weight excluding hydrogens is 282 g/mol. The van der Waals surface area contributed by atoms with Crippen LogP contribution in [0.2, 0.25) is 0 Å². The van der Waals surface area contributed by atoms with Crippen molar-refractivity contribution in [3.05, 3.63) is 0 Å². The SMILES string of the molecule is O=C(O)CC(O)(CC(=O)O)C(=O)N[C@@H](CS)C(=O)O. The minimum absolute atomic E-state index is 0.308. The number of rotatable bonds is 8. The van der Waals surface area contributed by atoms with Gasteiger partial charge in [-0.2, -0.15) is 12.6 Å². The number of thiol groups is 1. The first kappa shape index (κ1) is 17.2. The van der Waals surface area contributed by atoms with Crippen LogP contribution in [0, 0.1) is 0 Å². The quantitative estimate of drug-likeness (QED) is 0.285. The Morgan fingerprint density at radius 1 is 1.05 bits per heavy atom. The highest BCUT2D eigenvalue weighted by atomic mass is 32.1. The van der Waals surface area contributed by atoms with Gasteiger partial charge in [0.1, 0.15) is 6.04 Å². The minimum Gasteiger partial charge on any atom is -0.481 e. The summed E-state index contributed by atoms with van der Waals surface area (Å²) in [6.45, 7) is 0. The molecule has 0 aliphatic carbocycles. The molecule has 0 aliphatic rings. The van der Waals surface area contributed by atoms with Crippen molar-refractivity contribution in [2.24, 2.45) is 0 Å². The Hall–Kier alpha value is -1.81. The van der Waals surface area contributed by atoms with E-state index in [0.29, 0.717) is 0 Å². The van der Waals surface area contributed by atoms with Gasteiger partial charge in [0, 0.05) is 5.75 Å². The molecule has 10 heteroatoms. The molecule has 0 spiro atoms. The molecule has 108 valence electrons. The number of hydrogen-bond donors (Lipinski definition) is 6. The minimum atomic E-state index is -2.73. The zero-order valence-corrected chi connectivity index (χ0v) is 10.5. The zero-order valence-electron chi connectivity index (χ0n) is 9.57. The Morgan fingerprint density at radius 3 is 1.74 bits per heavy atom. The van der Waals surface area contributed by atoms with E-state index in [9.17, 15) is 24.3 Å². The number of hydrogen-bond acceptors (Lipinski definition) is 6. The summed E-state index contributed by atoms with van der Waals surface area (Å²) in [6, 6.07) is -1.47. The van der Waals surface area contributed by atoms with Crippen LogP contribution in [0.4, 0.5) is 0 Å². The lowest BCUT2D eigenvalue weighted by Crippen LogP contribution is -2.54. The molecule has 1 atom stereocenters. The van der Waals surface area contributed by atoms with Crippen molar-refractivity contribution in [2.75, 3.05) is 5.75 Å². The number of carbonyl (C=O) groups is 4. The Morgan fingerprint density at radius 2 is 1.47 bits per heavy atom. The van der Waals surface area contributed by atoms with E-state index in [4.69, 9.17) is 15.3 Å². The second-order valence-electron chi connectivity index (χ2n) is 3.72. The standard InChI is InChI=1S/C9H13NO8S/c11-5(12)1-9(18,2-6(13)14)8(17)10-4(3-19)7(15)16/h4,18-19H,1-3H2,(H,10,17)(H,11,12)(H,13,14)(H,15,16)/t4-/m0/s1. The summed E-state index contributed by atoms with van der Waals surface area (Å²) in [5, 5.41) is 37.3. The smallest absolute Gasteiger partial charge is 0.327 e. The van der Waals surface area contributed by atoms with Crippen molar-refractivity contribution >= 4 is 36.4 Å². The molecule has 0 heterocycles. The van der Waals surface area contributed by atoms with Crippen molar-refractivity contribution in [1.29, 1.82) is 0 Å². The number of carboxylic acid groups (broad SMARTS) is 3. The summed E-state index contributed by atoms with van der Waals surface area (Å²) < 4.78 is 0. The van der Waals surface area contributed by atoms with Gasteiger partial charge in [0.25, 0.3) is 5.91 Å². The maximum absolute atomic E-state index is 11.6. The monoisotopic (exact) mass is 295 g/mol. The summed E-state index contributed by atoms with van der Waals surface area (Å²) in [5.74, 6) is -6.35. The van der Waals surface area contributed by atoms with Crippen molar-refractivity contribution in [3.63, 3.8) is 0 Å². The molecule has 0 aromatic rings. The van der Waals surface area contributed by atoms with Crippen molar-refractivity contribution in [2.45, 2.75) is 24.5 Å². The fraction of sp³-hybridized carbons (Fsp3) is 0.556. The van der Waals surface area contributed by atoms with Crippen molar-refractivity contribution in [1.82, 2.24) is 5.32 Å². The average molecular weight is 295 g/mol. The van der Waals surface area contributed by atoms with E-state index in [-0.39, 0.29) is 5.75 Å². The Labute approximate surface area is 112 Å². The van der Waals surface area contributed by atoms with Gasteiger partial charge in [-0.3, -0.25) is 14.4 Å². The fourth-order valence-corrected chi connectivity index (χ4v) is 1.45. The van der Waals surface area contributed by atoms with Crippen LogP contribution in [0.3, 0.4) is 0 Å². The number of aliphatic hydroxyl groups is 1. The molecule has 5 N–H and O–H groups in total. The molecule has 19 heavy (non-hydrogen) atoms. The van der Waals surface area contributed by atoms with E-state index in [1.807, 2.05) is 5.32 Å². The van der Waals surface area contributed by atoms with Gasteiger partial charge < -0.3 is 25.7 Å². The predicted octanol–water partition coefficient (Wildman–Crippen LogP) is -1.83. The van der Waals surface area contributed by atoms with Crippen LogP contribution < -0.4 is 5.32 Å². The normalized spacial score (nSPS) is 12.5. The van der Waals surface area contributed by atoms with Crippen LogP contribution >= 0.6 is 12.6 Å². The summed E-state index contributed by atoms with van der Waals surface area (Å²) in [7, 11) is 0. The first-order valence-corrected chi connectivity index (χ1v) is 5.56. The summed E-state index contributed by atoms with van der Waals surface area (Å²) in [6.07, 6.45) is -2.33. The number of nitrogens with one attached hydrogen (secondary N) is 1. The lowest BCUT2D eigenvalue weighted by molar-refractivity contribution is -0.160. The number of aliphatic carboxylic acids is 3. The summed E-state index contributed by atoms with van der Waals surface area (Å²) >= 11 is 3.66. The third-order valence-electron chi connectivity index (χ3n) is 2.10. The van der Waals surface area contributed by atoms with Crippen LogP contribution in [0.15, 0.2) is 0 Å². The Balaban J connectivity index is 5.04. The van der Waals surface area contributed by atoms with Gasteiger partial charge >= 0.3 is 17.9 Å². The average Bonchev–Trinajstić information content (AvgIpc) is 2.22. The van der Waals surface area contributed by atoms with Crippen LogP contribution in [-0.2, 0) is 19.2 Å². The molecule has 0 fully saturated rings. The van der Waals surface area contributed by atoms with E-state index in [0.717, 1.165) is 0 Å². The third kappa shape index (κ3) is 5.57. The highest BCUT2D eigenvalue weighted by molar-refractivity contribution is 7.80. The molecule has 0 unspecified atom stereocenters. The second kappa shape index (κ2) is 6.95. The number of carbonyl (C=O) groups excluding carboxylic acids is 1. The largest absolute Gasteiger partial charge is 0.481 e. The first-order valence-electron chi connectivity index (χ1n) is 4.93. The predicted molar refractivity (Wildman–Crippen MR) is 62.9 cm³/mol. The molecule has 0 aliphatic heterocycles. The van der Waals surface area contributed by atoms with E-state index in [1.54, 1.807) is 0 Å². The van der Waals surface area contributed by atoms with Gasteiger partial charge in [0.15, 0.2) is 5.60 Å². The molecule has 0 aromatic heterocycles. The van der Waals surface area contributed by atoms with Gasteiger partial charge in [0.2, 0.25) is 0 Å². The summed E-state index contributed by atoms with van der Waals surface area (Å²) in [5.41, 5.74) is -2.73. The van der Waals surface area contributed by atoms with E-state index >= 15 is 0 Å². The maximum Gasteiger partial charge on any atom is 0.327 e. The van der Waals surface area contributed by atoms with Gasteiger partial charge in [-0.15, -0.1) is 0 Å². The molecule has 1 amide bonds. The van der Waals surface area contributed by atoms with Crippen LogP contribution in [-0.4, -0.2) is 61.6 Å². The lowest BCUT2D eigenvalue weighted by atomic mass is 9.94. The van der Waals surface area contributed by atoms with Crippen LogP contribution in [0.25, 0.3) is 0 Å². The van der Waals surface area contributed by atoms with Crippen LogP contribution in [0.1, 0.15) is 12.8 Å². The van der Waals surface area contributed by atoms with Gasteiger partial charge in [-0.1, -0.05) is 0 Å². The third-order valence-corrected chi connectivity index (χ3v) is 2.46. The topological polar surface area (TPSA) is 161 Å². The molecule has 0 saturated heterocycles. The van der Waals surface area contributed by atoms with Gasteiger partial charge in [-0.05, 0) is 0 Å². The van der Waals surface area contributed by atoms with Crippen LogP contribution in [0.5, 0.6) is 0 Å². The molecule has 0 radical (unpaired) electrons. The van der Waals surface area contributed by atoms with Crippen molar-refractivity contribution < 1.29 is 39.6 Å². The van der Waals surface area contributed by atoms with Gasteiger partial charge in [-0.25, -0.2) is 4.79 Å². The Kier molecular flexibility index (Phi) is 6.28. The Bertz CT molecular complexity index is 380. The molecule has 0 saturated carbocycles. The van der Waals surface area contributed by atoms with E-state index in [2.05, 4.69) is 12.6 Å². The molecule has 0 rings (SSSR count). The van der Waals surface area contributed by atoms with Crippen molar-refractivity contribution in [3.8, 4) is 0 Å². The van der Waals surface area contributed by atoms with Gasteiger partial charge in [0.05, 0.1) is 12.8 Å². The first-order chi connectivity index (χ1) is 8.62. The lowest BCUT2D eigenvalue weighted by Gasteiger charge is -2.25. The molecule has 0 bridgehead atoms. The zero-order chi connectivity index (χ0) is 15.2. The molecular formula is C9H13NO8S. The number of carboxylic acids is 3. The highest BCUT2D eigenvalue weighted by Gasteiger charge is 2.42. The second-order valence-corrected chi connectivity index (χ2v) is 4.08. The fourth-order valence-electron chi connectivity index (χ4n) is 1.20.